The summed E-state index contributed by atoms with van der Waals surface area (Å²) >= 11 is 0. The maximum absolute atomic E-state index is 13.0. The van der Waals surface area contributed by atoms with Crippen molar-refractivity contribution in [3.05, 3.63) is 35.4 Å². The Kier molecular flexibility index (Phi) is 5.98. The van der Waals surface area contributed by atoms with Crippen LogP contribution in [-0.4, -0.2) is 52.0 Å². The van der Waals surface area contributed by atoms with E-state index in [1.807, 2.05) is 0 Å². The van der Waals surface area contributed by atoms with Crippen LogP contribution in [0.2, 0.25) is 0 Å². The molecule has 2 amide bonds. The summed E-state index contributed by atoms with van der Waals surface area (Å²) in [5.74, 6) is -0.747. The van der Waals surface area contributed by atoms with Crippen LogP contribution in [0.4, 0.5) is 13.2 Å². The first-order chi connectivity index (χ1) is 13.2. The molecule has 5 nitrogen and oxygen atoms in total. The minimum Gasteiger partial charge on any atom is -0.383 e. The van der Waals surface area contributed by atoms with Crippen LogP contribution in [0.25, 0.3) is 0 Å². The van der Waals surface area contributed by atoms with E-state index in [9.17, 15) is 27.9 Å². The highest BCUT2D eigenvalue weighted by atomic mass is 19.4. The summed E-state index contributed by atoms with van der Waals surface area (Å²) in [6.45, 7) is 1.96. The number of hydrogen-bond donors (Lipinski definition) is 1. The van der Waals surface area contributed by atoms with Gasteiger partial charge in [-0.2, -0.15) is 13.2 Å². The Morgan fingerprint density at radius 3 is 2.64 bits per heavy atom. The predicted octanol–water partition coefficient (Wildman–Crippen LogP) is 3.13. The third-order valence-corrected chi connectivity index (χ3v) is 5.42. The summed E-state index contributed by atoms with van der Waals surface area (Å²) in [6.07, 6.45) is -2.13. The highest BCUT2D eigenvalue weighted by Gasteiger charge is 2.38. The topological polar surface area (TPSA) is 60.9 Å². The number of rotatable bonds is 5. The van der Waals surface area contributed by atoms with Crippen molar-refractivity contribution in [2.75, 3.05) is 13.1 Å². The number of likely N-dealkylation sites (tertiary alicyclic amines) is 1. The standard InChI is InChI=1S/C20H25F3N2O3/c1-13(14-5-4-6-15(11-14)20(21,22)23)25(16-8-9-16)18(27)12-24-10-3-2-7-17(26)19(24)28/h4-6,11,13,16-17,26H,2-3,7-10,12H2,1H3. The van der Waals surface area contributed by atoms with Crippen LogP contribution in [-0.2, 0) is 15.8 Å². The van der Waals surface area contributed by atoms with Crippen LogP contribution in [0.15, 0.2) is 24.3 Å². The smallest absolute Gasteiger partial charge is 0.383 e. The van der Waals surface area contributed by atoms with Gasteiger partial charge in [-0.3, -0.25) is 9.59 Å². The maximum atomic E-state index is 13.0. The Morgan fingerprint density at radius 2 is 2.00 bits per heavy atom. The van der Waals surface area contributed by atoms with Crippen LogP contribution >= 0.6 is 0 Å². The van der Waals surface area contributed by atoms with Crippen molar-refractivity contribution >= 4 is 11.8 Å². The molecule has 0 radical (unpaired) electrons. The maximum Gasteiger partial charge on any atom is 0.416 e. The molecule has 1 aromatic rings. The van der Waals surface area contributed by atoms with Crippen molar-refractivity contribution < 1.29 is 27.9 Å². The highest BCUT2D eigenvalue weighted by Crippen LogP contribution is 2.36. The number of aliphatic hydroxyl groups is 1. The Labute approximate surface area is 162 Å². The highest BCUT2D eigenvalue weighted by molar-refractivity contribution is 5.87. The molecule has 2 unspecified atom stereocenters. The lowest BCUT2D eigenvalue weighted by Crippen LogP contribution is -2.47. The van der Waals surface area contributed by atoms with Gasteiger partial charge in [0.25, 0.3) is 5.91 Å². The number of alkyl halides is 3. The first-order valence-electron chi connectivity index (χ1n) is 9.63. The van der Waals surface area contributed by atoms with E-state index in [1.54, 1.807) is 17.9 Å². The van der Waals surface area contributed by atoms with Gasteiger partial charge >= 0.3 is 6.18 Å². The van der Waals surface area contributed by atoms with Gasteiger partial charge in [-0.25, -0.2) is 0 Å². The monoisotopic (exact) mass is 398 g/mol. The van der Waals surface area contributed by atoms with Gasteiger partial charge in [0, 0.05) is 12.6 Å². The zero-order valence-electron chi connectivity index (χ0n) is 15.8. The molecule has 28 heavy (non-hydrogen) atoms. The van der Waals surface area contributed by atoms with Gasteiger partial charge in [-0.1, -0.05) is 12.1 Å². The first kappa shape index (κ1) is 20.6. The van der Waals surface area contributed by atoms with Crippen molar-refractivity contribution in [1.82, 2.24) is 9.80 Å². The second-order valence-corrected chi connectivity index (χ2v) is 7.60. The number of halogens is 3. The normalized spacial score (nSPS) is 22.0. The van der Waals surface area contributed by atoms with E-state index in [-0.39, 0.29) is 18.5 Å². The second kappa shape index (κ2) is 8.11. The predicted molar refractivity (Wildman–Crippen MR) is 96.2 cm³/mol. The van der Waals surface area contributed by atoms with Gasteiger partial charge in [-0.05, 0) is 56.7 Å². The van der Waals surface area contributed by atoms with Gasteiger partial charge < -0.3 is 14.9 Å². The van der Waals surface area contributed by atoms with Crippen LogP contribution in [0.1, 0.15) is 56.2 Å². The molecule has 1 N–H and O–H groups in total. The average molecular weight is 398 g/mol. The fraction of sp³-hybridized carbons (Fsp3) is 0.600. The van der Waals surface area contributed by atoms with Crippen LogP contribution in [0, 0.1) is 0 Å². The Balaban J connectivity index is 1.77. The minimum absolute atomic E-state index is 0.0240. The molecule has 1 aliphatic heterocycles. The van der Waals surface area contributed by atoms with Crippen LogP contribution in [0.3, 0.4) is 0 Å². The minimum atomic E-state index is -4.45. The van der Waals surface area contributed by atoms with Crippen molar-refractivity contribution in [2.24, 2.45) is 0 Å². The van der Waals surface area contributed by atoms with Crippen LogP contribution < -0.4 is 0 Å². The molecule has 0 spiro atoms. The average Bonchev–Trinajstić information content (AvgIpc) is 3.48. The third kappa shape index (κ3) is 4.66. The van der Waals surface area contributed by atoms with E-state index >= 15 is 0 Å². The SMILES string of the molecule is CC(c1cccc(C(F)(F)F)c1)N(C(=O)CN1CCCCC(O)C1=O)C1CC1. The number of carbonyl (C=O) groups is 2. The molecule has 2 aliphatic rings. The van der Waals surface area contributed by atoms with Gasteiger partial charge in [0.05, 0.1) is 18.2 Å². The Bertz CT molecular complexity index is 734. The Hall–Kier alpha value is -2.09. The van der Waals surface area contributed by atoms with E-state index in [0.29, 0.717) is 31.4 Å². The molecule has 1 aliphatic carbocycles. The number of carbonyl (C=O) groups excluding carboxylic acids is 2. The molecule has 1 saturated heterocycles. The summed E-state index contributed by atoms with van der Waals surface area (Å²) < 4.78 is 39.1. The van der Waals surface area contributed by atoms with Crippen molar-refractivity contribution in [3.8, 4) is 0 Å². The Morgan fingerprint density at radius 1 is 1.29 bits per heavy atom. The molecule has 2 atom stereocenters. The second-order valence-electron chi connectivity index (χ2n) is 7.60. The summed E-state index contributed by atoms with van der Waals surface area (Å²) in [5.41, 5.74) is -0.330. The molecule has 1 saturated carbocycles. The number of nitrogens with zero attached hydrogens (tertiary/aromatic N) is 2. The molecular weight excluding hydrogens is 373 g/mol. The van der Waals surface area contributed by atoms with E-state index in [2.05, 4.69) is 0 Å². The van der Waals surface area contributed by atoms with Crippen molar-refractivity contribution in [2.45, 2.75) is 63.4 Å². The number of amides is 2. The zero-order chi connectivity index (χ0) is 20.5. The van der Waals surface area contributed by atoms with Crippen molar-refractivity contribution in [3.63, 3.8) is 0 Å². The fourth-order valence-corrected chi connectivity index (χ4v) is 3.71. The lowest BCUT2D eigenvalue weighted by molar-refractivity contribution is -0.146. The van der Waals surface area contributed by atoms with Gasteiger partial charge in [0.15, 0.2) is 0 Å². The van der Waals surface area contributed by atoms with Gasteiger partial charge in [0.1, 0.15) is 6.10 Å². The first-order valence-corrected chi connectivity index (χ1v) is 9.63. The molecule has 0 aromatic heterocycles. The summed E-state index contributed by atoms with van der Waals surface area (Å²) in [4.78, 5) is 28.2. The molecule has 1 aromatic carbocycles. The molecule has 0 bridgehead atoms. The number of benzene rings is 1. The molecule has 8 heteroatoms. The quantitative estimate of drug-likeness (QED) is 0.829. The van der Waals surface area contributed by atoms with E-state index in [4.69, 9.17) is 0 Å². The lowest BCUT2D eigenvalue weighted by Gasteiger charge is -2.32. The van der Waals surface area contributed by atoms with E-state index in [0.717, 1.165) is 25.0 Å². The van der Waals surface area contributed by atoms with E-state index in [1.165, 1.54) is 11.0 Å². The van der Waals surface area contributed by atoms with Gasteiger partial charge in [-0.15, -0.1) is 0 Å². The third-order valence-electron chi connectivity index (χ3n) is 5.42. The zero-order valence-corrected chi connectivity index (χ0v) is 15.8. The molecule has 2 fully saturated rings. The molecule has 1 heterocycles. The van der Waals surface area contributed by atoms with E-state index < -0.39 is 29.8 Å². The van der Waals surface area contributed by atoms with Crippen molar-refractivity contribution in [1.29, 1.82) is 0 Å². The number of aliphatic hydroxyl groups excluding tert-OH is 1. The van der Waals surface area contributed by atoms with Crippen LogP contribution in [0.5, 0.6) is 0 Å². The largest absolute Gasteiger partial charge is 0.416 e. The summed E-state index contributed by atoms with van der Waals surface area (Å²) in [6, 6.07) is 4.46. The number of hydrogen-bond acceptors (Lipinski definition) is 3. The lowest BCUT2D eigenvalue weighted by atomic mass is 10.0. The summed E-state index contributed by atoms with van der Waals surface area (Å²) in [5, 5.41) is 9.87. The fourth-order valence-electron chi connectivity index (χ4n) is 3.71. The molecular formula is C20H25F3N2O3. The molecule has 3 rings (SSSR count). The molecule has 154 valence electrons. The van der Waals surface area contributed by atoms with Gasteiger partial charge in [0.2, 0.25) is 5.91 Å². The summed E-state index contributed by atoms with van der Waals surface area (Å²) in [7, 11) is 0.